The second kappa shape index (κ2) is 25.5. The number of H-pyrrole nitrogens is 2. The average molecular weight is 1040 g/mol. The number of hydrogen-bond acceptors (Lipinski definition) is 13. The van der Waals surface area contributed by atoms with Crippen molar-refractivity contribution in [1.82, 2.24) is 29.9 Å². The maximum Gasteiger partial charge on any atom is 0.323 e. The lowest BCUT2D eigenvalue weighted by molar-refractivity contribution is -0.112. The summed E-state index contributed by atoms with van der Waals surface area (Å²) >= 11 is 4.71. The van der Waals surface area contributed by atoms with E-state index in [1.54, 1.807) is 61.2 Å². The van der Waals surface area contributed by atoms with Gasteiger partial charge in [-0.2, -0.15) is 0 Å². The highest BCUT2D eigenvalue weighted by Crippen LogP contribution is 2.31. The monoisotopic (exact) mass is 1040 g/mol. The molecule has 380 valence electrons. The third-order valence-electron chi connectivity index (χ3n) is 11.3. The van der Waals surface area contributed by atoms with Gasteiger partial charge >= 0.3 is 12.1 Å². The normalized spacial score (nSPS) is 12.9. The number of rotatable bonds is 11. The molecule has 4 aromatic heterocycles. The zero-order chi connectivity index (χ0) is 51.1. The van der Waals surface area contributed by atoms with Gasteiger partial charge in [0.1, 0.15) is 35.6 Å². The maximum absolute atomic E-state index is 12.4. The van der Waals surface area contributed by atoms with Crippen molar-refractivity contribution in [3.63, 3.8) is 0 Å². The van der Waals surface area contributed by atoms with Crippen molar-refractivity contribution in [3.05, 3.63) is 147 Å². The minimum absolute atomic E-state index is 0. The molecule has 2 fully saturated rings. The molecule has 0 unspecified atom stereocenters. The van der Waals surface area contributed by atoms with Crippen LogP contribution < -0.4 is 42.1 Å². The lowest BCUT2D eigenvalue weighted by Crippen LogP contribution is -2.36. The van der Waals surface area contributed by atoms with Crippen LogP contribution in [0.25, 0.3) is 44.6 Å². The summed E-state index contributed by atoms with van der Waals surface area (Å²) < 4.78 is 10.9. The molecule has 4 aromatic carbocycles. The van der Waals surface area contributed by atoms with Crippen LogP contribution in [0.3, 0.4) is 0 Å². The molecular formula is C52H52Cl2N14O6. The number of allylic oxidation sites excluding steroid dienone is 1. The zero-order valence-corrected chi connectivity index (χ0v) is 41.3. The molecule has 6 heterocycles. The van der Waals surface area contributed by atoms with Gasteiger partial charge in [0, 0.05) is 71.7 Å². The number of ether oxygens (including phenoxy) is 2. The number of carbonyl (C=O) groups is 4. The van der Waals surface area contributed by atoms with Crippen molar-refractivity contribution in [2.45, 2.75) is 0 Å². The number of aromatic amines is 2. The lowest BCUT2D eigenvalue weighted by atomic mass is 10.1. The quantitative estimate of drug-likeness (QED) is 0.0342. The van der Waals surface area contributed by atoms with E-state index >= 15 is 0 Å². The van der Waals surface area contributed by atoms with E-state index in [1.807, 2.05) is 48.5 Å². The number of nitrogens with one attached hydrogen (secondary N) is 7. The van der Waals surface area contributed by atoms with Crippen LogP contribution >= 0.6 is 24.0 Å². The van der Waals surface area contributed by atoms with E-state index in [2.05, 4.69) is 91.6 Å². The SMILES string of the molecule is C=CC(=O)Cl.C=CC(=O)Nc1ccc(NC(=O)Nc2ccc(-c3cc4c(N5CCOCC5)ncnc4[nH]3)cc2)cc1.Cl.Nc1ccc(NC(=O)Nc2ccc(-c3cc4c(N5CCOCC5)ncnc4[nH]3)cc2)cc1. The fourth-order valence-corrected chi connectivity index (χ4v) is 7.67. The Morgan fingerprint density at radius 3 is 1.23 bits per heavy atom. The number of fused-ring (bicyclic) bond motifs is 2. The Morgan fingerprint density at radius 2 is 0.878 bits per heavy atom. The molecule has 0 radical (unpaired) electrons. The molecule has 0 aliphatic carbocycles. The molecule has 0 spiro atoms. The van der Waals surface area contributed by atoms with Crippen molar-refractivity contribution < 1.29 is 28.7 Å². The van der Waals surface area contributed by atoms with Gasteiger partial charge in [0.2, 0.25) is 11.1 Å². The van der Waals surface area contributed by atoms with E-state index in [4.69, 9.17) is 26.8 Å². The second-order valence-corrected chi connectivity index (χ2v) is 16.6. The van der Waals surface area contributed by atoms with Crippen LogP contribution in [0.2, 0.25) is 0 Å². The Labute approximate surface area is 436 Å². The predicted octanol–water partition coefficient (Wildman–Crippen LogP) is 9.28. The van der Waals surface area contributed by atoms with E-state index in [0.717, 1.165) is 88.5 Å². The smallest absolute Gasteiger partial charge is 0.323 e. The fraction of sp³-hybridized carbons (Fsp3) is 0.154. The number of morpholine rings is 2. The number of nitrogens with zero attached hydrogens (tertiary/aromatic N) is 6. The standard InChI is InChI=1S/C26H25N7O3.C23H23N7O2.C3H3ClO.ClH/c1-2-23(34)29-18-7-9-20(10-8-18)31-26(35)30-19-5-3-17(4-6-19)22-15-21-24(32-22)27-16-28-25(21)33-11-13-36-14-12-33;24-16-3-7-18(8-4-16)28-23(31)27-17-5-1-15(2-6-17)20-13-19-21(29-20)25-14-26-22(19)30-9-11-32-12-10-30;1-2-3(4)5;/h2-10,15-16H,1,11-14H2,(H,29,34)(H,27,28,32)(H2,30,31,35);1-8,13-14H,9-12,24H2,(H,25,26,29)(H2,27,28,31);2H,1H2;1H. The first-order chi connectivity index (χ1) is 35.5. The number of nitrogens with two attached hydrogens (primary N) is 1. The summed E-state index contributed by atoms with van der Waals surface area (Å²) in [6.45, 7) is 12.5. The van der Waals surface area contributed by atoms with Crippen molar-refractivity contribution in [1.29, 1.82) is 0 Å². The van der Waals surface area contributed by atoms with Crippen LogP contribution in [0, 0.1) is 0 Å². The van der Waals surface area contributed by atoms with Crippen LogP contribution in [-0.2, 0) is 19.1 Å². The van der Waals surface area contributed by atoms with E-state index in [0.29, 0.717) is 60.6 Å². The predicted molar refractivity (Wildman–Crippen MR) is 294 cm³/mol. The number of anilines is 8. The molecule has 0 bridgehead atoms. The molecular weight excluding hydrogens is 988 g/mol. The number of hydrogen-bond donors (Lipinski definition) is 8. The lowest BCUT2D eigenvalue weighted by Gasteiger charge is -2.27. The first kappa shape index (κ1) is 53.0. The highest BCUT2D eigenvalue weighted by atomic mass is 35.5. The van der Waals surface area contributed by atoms with Gasteiger partial charge in [-0.25, -0.2) is 29.5 Å². The van der Waals surface area contributed by atoms with E-state index in [1.165, 1.54) is 6.08 Å². The van der Waals surface area contributed by atoms with Crippen LogP contribution in [0.1, 0.15) is 0 Å². The van der Waals surface area contributed by atoms with Gasteiger partial charge in [-0.15, -0.1) is 12.4 Å². The van der Waals surface area contributed by atoms with Crippen molar-refractivity contribution in [2.75, 3.05) is 94.7 Å². The van der Waals surface area contributed by atoms with Crippen molar-refractivity contribution in [3.8, 4) is 22.5 Å². The molecule has 9 N–H and O–H groups in total. The highest BCUT2D eigenvalue weighted by molar-refractivity contribution is 6.66. The number of amides is 5. The van der Waals surface area contributed by atoms with Crippen LogP contribution in [0.15, 0.2) is 147 Å². The van der Waals surface area contributed by atoms with Crippen LogP contribution in [-0.4, -0.2) is 106 Å². The number of nitrogen functional groups attached to an aromatic ring is 1. The molecule has 22 heteroatoms. The number of aromatic nitrogens is 6. The van der Waals surface area contributed by atoms with E-state index in [9.17, 15) is 19.2 Å². The Morgan fingerprint density at radius 1 is 0.541 bits per heavy atom. The Balaban J connectivity index is 0.000000197. The van der Waals surface area contributed by atoms with Crippen LogP contribution in [0.4, 0.5) is 55.3 Å². The zero-order valence-electron chi connectivity index (χ0n) is 39.8. The van der Waals surface area contributed by atoms with Gasteiger partial charge < -0.3 is 61.6 Å². The molecule has 2 aliphatic heterocycles. The summed E-state index contributed by atoms with van der Waals surface area (Å²) in [4.78, 5) is 74.4. The number of benzene rings is 4. The molecule has 2 saturated heterocycles. The summed E-state index contributed by atoms with van der Waals surface area (Å²) in [5.41, 5.74) is 14.9. The van der Waals surface area contributed by atoms with Gasteiger partial charge in [-0.1, -0.05) is 37.4 Å². The number of carbonyl (C=O) groups excluding carboxylic acids is 4. The van der Waals surface area contributed by atoms with Gasteiger partial charge in [0.05, 0.1) is 37.2 Å². The number of urea groups is 2. The fourth-order valence-electron chi connectivity index (χ4n) is 7.67. The van der Waals surface area contributed by atoms with E-state index < -0.39 is 5.24 Å². The number of halogens is 2. The third-order valence-corrected chi connectivity index (χ3v) is 11.4. The van der Waals surface area contributed by atoms with Crippen molar-refractivity contribution >= 4 is 115 Å². The molecule has 0 atom stereocenters. The maximum atomic E-state index is 12.4. The topological polar surface area (TPSA) is 263 Å². The van der Waals surface area contributed by atoms with Gasteiger partial charge in [0.15, 0.2) is 0 Å². The van der Waals surface area contributed by atoms with Gasteiger partial charge in [-0.3, -0.25) is 9.59 Å². The average Bonchev–Trinajstić information content (AvgIpc) is 4.07. The molecule has 2 aliphatic rings. The summed E-state index contributed by atoms with van der Waals surface area (Å²) in [6.07, 6.45) is 5.39. The Kier molecular flexibility index (Phi) is 18.3. The summed E-state index contributed by atoms with van der Waals surface area (Å²) in [6, 6.07) is 32.3. The summed E-state index contributed by atoms with van der Waals surface area (Å²) in [5, 5.41) is 15.3. The summed E-state index contributed by atoms with van der Waals surface area (Å²) in [7, 11) is 0. The van der Waals surface area contributed by atoms with Gasteiger partial charge in [0.25, 0.3) is 0 Å². The first-order valence-electron chi connectivity index (χ1n) is 22.9. The first-order valence-corrected chi connectivity index (χ1v) is 23.3. The molecule has 74 heavy (non-hydrogen) atoms. The van der Waals surface area contributed by atoms with Gasteiger partial charge in [-0.05, 0) is 120 Å². The third kappa shape index (κ3) is 14.2. The highest BCUT2D eigenvalue weighted by Gasteiger charge is 2.19. The molecule has 10 rings (SSSR count). The van der Waals surface area contributed by atoms with Crippen LogP contribution in [0.5, 0.6) is 0 Å². The summed E-state index contributed by atoms with van der Waals surface area (Å²) in [5.74, 6) is 1.52. The van der Waals surface area contributed by atoms with Crippen molar-refractivity contribution in [2.24, 2.45) is 0 Å². The second-order valence-electron chi connectivity index (χ2n) is 16.2. The Bertz CT molecular complexity index is 3210. The van der Waals surface area contributed by atoms with E-state index in [-0.39, 0.29) is 30.4 Å². The minimum Gasteiger partial charge on any atom is -0.399 e. The largest absolute Gasteiger partial charge is 0.399 e. The minimum atomic E-state index is -0.509. The molecule has 8 aromatic rings. The Hall–Kier alpha value is -8.82. The molecule has 5 amide bonds. The molecule has 20 nitrogen and oxygen atoms in total. The molecule has 0 saturated carbocycles.